The largest absolute Gasteiger partial charge is 0.375 e. The Morgan fingerprint density at radius 1 is 1.23 bits per heavy atom. The van der Waals surface area contributed by atoms with Crippen molar-refractivity contribution in [3.8, 4) is 0 Å². The molecule has 1 saturated carbocycles. The lowest BCUT2D eigenvalue weighted by Crippen LogP contribution is -2.70. The van der Waals surface area contributed by atoms with Crippen LogP contribution in [0.3, 0.4) is 0 Å². The number of ether oxygens (including phenoxy) is 3. The average Bonchev–Trinajstić information content (AvgIpc) is 3.32. The summed E-state index contributed by atoms with van der Waals surface area (Å²) >= 11 is 0. The highest BCUT2D eigenvalue weighted by Crippen LogP contribution is 2.54. The summed E-state index contributed by atoms with van der Waals surface area (Å²) in [4.78, 5) is 2.43. The summed E-state index contributed by atoms with van der Waals surface area (Å²) < 4.78 is 17.7. The van der Waals surface area contributed by atoms with Gasteiger partial charge in [0.2, 0.25) is 0 Å². The Hall–Kier alpha value is -0.240. The minimum absolute atomic E-state index is 0.117. The van der Waals surface area contributed by atoms with E-state index in [2.05, 4.69) is 36.4 Å². The first-order chi connectivity index (χ1) is 10.5. The maximum atomic E-state index is 5.99. The van der Waals surface area contributed by atoms with Crippen LogP contribution in [0.4, 0.5) is 0 Å². The summed E-state index contributed by atoms with van der Waals surface area (Å²) in [5, 5.41) is 7.23. The lowest BCUT2D eigenvalue weighted by molar-refractivity contribution is -0.145. The van der Waals surface area contributed by atoms with Crippen molar-refractivity contribution in [2.75, 3.05) is 21.3 Å². The molecule has 4 fully saturated rings. The summed E-state index contributed by atoms with van der Waals surface area (Å²) in [5.41, 5.74) is -0.186. The van der Waals surface area contributed by atoms with Gasteiger partial charge in [0, 0.05) is 38.1 Å². The average molecular weight is 311 g/mol. The van der Waals surface area contributed by atoms with Gasteiger partial charge < -0.3 is 14.2 Å². The van der Waals surface area contributed by atoms with Gasteiger partial charge >= 0.3 is 0 Å². The topological polar surface area (TPSA) is 58.3 Å². The molecule has 2 N–H and O–H groups in total. The van der Waals surface area contributed by atoms with E-state index in [1.165, 1.54) is 0 Å². The highest BCUT2D eigenvalue weighted by Gasteiger charge is 2.67. The molecule has 3 saturated heterocycles. The van der Waals surface area contributed by atoms with E-state index in [1.54, 1.807) is 7.11 Å². The quantitative estimate of drug-likeness (QED) is 0.717. The van der Waals surface area contributed by atoms with Gasteiger partial charge in [0.25, 0.3) is 0 Å². The van der Waals surface area contributed by atoms with Gasteiger partial charge in [-0.2, -0.15) is 0 Å². The predicted octanol–water partition coefficient (Wildman–Crippen LogP) is 0.337. The molecular weight excluding hydrogens is 282 g/mol. The SMILES string of the molecule is COC1NC(C)NC2CC3C(CC21)C(C)(OC)C1OC1N3C. The fourth-order valence-corrected chi connectivity index (χ4v) is 5.29. The molecule has 0 spiro atoms. The fraction of sp³-hybridized carbons (Fsp3) is 1.00. The first-order valence-electron chi connectivity index (χ1n) is 8.47. The Balaban J connectivity index is 1.63. The number of fused-ring (bicyclic) bond motifs is 3. The van der Waals surface area contributed by atoms with E-state index in [1.807, 2.05) is 7.11 Å². The van der Waals surface area contributed by atoms with Crippen LogP contribution in [-0.4, -0.2) is 68.6 Å². The third-order valence-electron chi connectivity index (χ3n) is 6.66. The Kier molecular flexibility index (Phi) is 3.57. The molecule has 0 bridgehead atoms. The number of hydrogen-bond donors (Lipinski definition) is 2. The molecule has 0 amide bonds. The monoisotopic (exact) mass is 311 g/mol. The summed E-state index contributed by atoms with van der Waals surface area (Å²) in [6.45, 7) is 4.40. The van der Waals surface area contributed by atoms with Gasteiger partial charge in [-0.05, 0) is 33.7 Å². The third-order valence-corrected chi connectivity index (χ3v) is 6.66. The molecule has 0 aromatic heterocycles. The van der Waals surface area contributed by atoms with Crippen LogP contribution < -0.4 is 10.6 Å². The van der Waals surface area contributed by atoms with Crippen LogP contribution >= 0.6 is 0 Å². The number of methoxy groups -OCH3 is 2. The van der Waals surface area contributed by atoms with Crippen LogP contribution in [0.25, 0.3) is 0 Å². The Bertz CT molecular complexity index is 450. The molecule has 9 atom stereocenters. The Morgan fingerprint density at radius 3 is 2.68 bits per heavy atom. The predicted molar refractivity (Wildman–Crippen MR) is 82.2 cm³/mol. The molecule has 126 valence electrons. The highest BCUT2D eigenvalue weighted by molar-refractivity contribution is 5.15. The van der Waals surface area contributed by atoms with Gasteiger partial charge in [-0.25, -0.2) is 0 Å². The number of rotatable bonds is 2. The Morgan fingerprint density at radius 2 is 2.00 bits per heavy atom. The van der Waals surface area contributed by atoms with Crippen molar-refractivity contribution >= 4 is 0 Å². The molecular formula is C16H29N3O3. The summed E-state index contributed by atoms with van der Waals surface area (Å²) in [6.07, 6.45) is 3.08. The van der Waals surface area contributed by atoms with Crippen molar-refractivity contribution in [1.29, 1.82) is 0 Å². The van der Waals surface area contributed by atoms with E-state index in [-0.39, 0.29) is 30.3 Å². The number of piperidine rings is 1. The van der Waals surface area contributed by atoms with E-state index < -0.39 is 0 Å². The molecule has 22 heavy (non-hydrogen) atoms. The highest BCUT2D eigenvalue weighted by atomic mass is 16.6. The zero-order valence-corrected chi connectivity index (χ0v) is 14.2. The molecule has 6 heteroatoms. The maximum absolute atomic E-state index is 5.99. The van der Waals surface area contributed by atoms with Gasteiger partial charge in [0.15, 0.2) is 0 Å². The second kappa shape index (κ2) is 5.13. The van der Waals surface area contributed by atoms with Crippen LogP contribution in [-0.2, 0) is 14.2 Å². The van der Waals surface area contributed by atoms with Crippen molar-refractivity contribution in [3.63, 3.8) is 0 Å². The molecule has 0 radical (unpaired) electrons. The van der Waals surface area contributed by atoms with Crippen molar-refractivity contribution in [3.05, 3.63) is 0 Å². The summed E-state index contributed by atoms with van der Waals surface area (Å²) in [5.74, 6) is 0.947. The second-order valence-electron chi connectivity index (χ2n) is 7.63. The van der Waals surface area contributed by atoms with Crippen LogP contribution in [0.5, 0.6) is 0 Å². The third kappa shape index (κ3) is 2.01. The van der Waals surface area contributed by atoms with Crippen LogP contribution in [0, 0.1) is 11.8 Å². The number of likely N-dealkylation sites (tertiary alicyclic amines) is 1. The van der Waals surface area contributed by atoms with Gasteiger partial charge in [0.05, 0.1) is 11.8 Å². The molecule has 6 nitrogen and oxygen atoms in total. The van der Waals surface area contributed by atoms with Crippen molar-refractivity contribution < 1.29 is 14.2 Å². The van der Waals surface area contributed by atoms with Crippen molar-refractivity contribution in [2.24, 2.45) is 11.8 Å². The molecule has 1 aliphatic carbocycles. The minimum atomic E-state index is -0.186. The van der Waals surface area contributed by atoms with Crippen LogP contribution in [0.2, 0.25) is 0 Å². The zero-order chi connectivity index (χ0) is 15.6. The minimum Gasteiger partial charge on any atom is -0.375 e. The lowest BCUT2D eigenvalue weighted by Gasteiger charge is -2.56. The van der Waals surface area contributed by atoms with Crippen LogP contribution in [0.15, 0.2) is 0 Å². The normalized spacial score (nSPS) is 57.7. The van der Waals surface area contributed by atoms with E-state index >= 15 is 0 Å². The van der Waals surface area contributed by atoms with E-state index in [4.69, 9.17) is 14.2 Å². The number of nitrogens with one attached hydrogen (secondary N) is 2. The van der Waals surface area contributed by atoms with Gasteiger partial charge in [-0.3, -0.25) is 15.5 Å². The number of epoxide rings is 1. The van der Waals surface area contributed by atoms with E-state index in [0.717, 1.165) is 12.8 Å². The van der Waals surface area contributed by atoms with Crippen molar-refractivity contribution in [2.45, 2.75) is 69.1 Å². The molecule has 3 aliphatic heterocycles. The molecule has 3 heterocycles. The number of nitrogens with zero attached hydrogens (tertiary/aromatic N) is 1. The molecule has 4 rings (SSSR count). The number of likely N-dealkylation sites (N-methyl/N-ethyl adjacent to an activating group) is 1. The molecule has 4 aliphatic rings. The lowest BCUT2D eigenvalue weighted by atomic mass is 9.64. The van der Waals surface area contributed by atoms with Crippen molar-refractivity contribution in [1.82, 2.24) is 15.5 Å². The van der Waals surface area contributed by atoms with E-state index in [9.17, 15) is 0 Å². The standard InChI is InChI=1S/C16H29N3O3/c1-8-17-11-7-12-10(6-9(11)14(18-8)20-4)16(2,21-5)13-15(22-13)19(12)3/h8-15,17-18H,6-7H2,1-5H3. The summed E-state index contributed by atoms with van der Waals surface area (Å²) in [6, 6.07) is 0.992. The molecule has 9 unspecified atom stereocenters. The Labute approximate surface area is 132 Å². The zero-order valence-electron chi connectivity index (χ0n) is 14.2. The number of hydrogen-bond acceptors (Lipinski definition) is 6. The second-order valence-corrected chi connectivity index (χ2v) is 7.63. The first kappa shape index (κ1) is 15.3. The maximum Gasteiger partial charge on any atom is 0.140 e. The van der Waals surface area contributed by atoms with Gasteiger partial charge in [-0.15, -0.1) is 0 Å². The first-order valence-corrected chi connectivity index (χ1v) is 8.47. The van der Waals surface area contributed by atoms with Gasteiger partial charge in [-0.1, -0.05) is 0 Å². The smallest absolute Gasteiger partial charge is 0.140 e. The van der Waals surface area contributed by atoms with Gasteiger partial charge in [0.1, 0.15) is 18.6 Å². The molecule has 0 aromatic rings. The molecule has 0 aromatic carbocycles. The fourth-order valence-electron chi connectivity index (χ4n) is 5.29. The van der Waals surface area contributed by atoms with Crippen LogP contribution in [0.1, 0.15) is 26.7 Å². The van der Waals surface area contributed by atoms with E-state index in [0.29, 0.717) is 23.9 Å². The summed E-state index contributed by atoms with van der Waals surface area (Å²) in [7, 11) is 5.85.